The van der Waals surface area contributed by atoms with Gasteiger partial charge >= 0.3 is 6.09 Å². The number of benzene rings is 1. The summed E-state index contributed by atoms with van der Waals surface area (Å²) < 4.78 is 18.1. The first kappa shape index (κ1) is 17.6. The fraction of sp³-hybridized carbons (Fsp3) is 0.438. The Kier molecular flexibility index (Phi) is 6.75. The molecule has 0 spiro atoms. The van der Waals surface area contributed by atoms with E-state index in [0.717, 1.165) is 10.5 Å². The lowest BCUT2D eigenvalue weighted by Crippen LogP contribution is -2.33. The molecule has 0 saturated heterocycles. The van der Waals surface area contributed by atoms with Crippen molar-refractivity contribution in [2.45, 2.75) is 37.7 Å². The zero-order valence-corrected chi connectivity index (χ0v) is 13.7. The van der Waals surface area contributed by atoms with Crippen molar-refractivity contribution < 1.29 is 13.9 Å². The first-order valence-electron chi connectivity index (χ1n) is 6.72. The summed E-state index contributed by atoms with van der Waals surface area (Å²) in [4.78, 5) is 12.7. The van der Waals surface area contributed by atoms with E-state index < -0.39 is 11.7 Å². The lowest BCUT2D eigenvalue weighted by atomic mass is 10.1. The highest BCUT2D eigenvalue weighted by Gasteiger charge is 2.16. The third-order valence-electron chi connectivity index (χ3n) is 2.58. The van der Waals surface area contributed by atoms with Crippen LogP contribution < -0.4 is 5.32 Å². The molecule has 0 aliphatic heterocycles. The predicted octanol–water partition coefficient (Wildman–Crippen LogP) is 4.33. The Morgan fingerprint density at radius 2 is 2.14 bits per heavy atom. The Bertz CT molecular complexity index is 509. The van der Waals surface area contributed by atoms with E-state index in [1.807, 2.05) is 30.5 Å². The molecule has 1 aromatic carbocycles. The summed E-state index contributed by atoms with van der Waals surface area (Å²) in [5.41, 5.74) is 0.951. The van der Waals surface area contributed by atoms with Gasteiger partial charge in [-0.1, -0.05) is 12.1 Å². The number of carbonyl (C=O) groups is 1. The van der Waals surface area contributed by atoms with E-state index in [-0.39, 0.29) is 6.54 Å². The van der Waals surface area contributed by atoms with Crippen molar-refractivity contribution in [2.75, 3.05) is 12.8 Å². The molecular formula is C16H22FNO2S. The maximum absolute atomic E-state index is 13.0. The Morgan fingerprint density at radius 1 is 1.43 bits per heavy atom. The van der Waals surface area contributed by atoms with E-state index in [9.17, 15) is 9.18 Å². The quantitative estimate of drug-likeness (QED) is 0.823. The van der Waals surface area contributed by atoms with Gasteiger partial charge in [0.05, 0.1) is 6.33 Å². The second-order valence-electron chi connectivity index (χ2n) is 5.65. The summed E-state index contributed by atoms with van der Waals surface area (Å²) in [7, 11) is 0. The number of nitrogens with one attached hydrogen (secondary N) is 1. The van der Waals surface area contributed by atoms with Crippen LogP contribution in [-0.2, 0) is 11.2 Å². The van der Waals surface area contributed by atoms with E-state index in [0.29, 0.717) is 18.3 Å². The first-order chi connectivity index (χ1) is 9.84. The van der Waals surface area contributed by atoms with E-state index in [4.69, 9.17) is 4.74 Å². The van der Waals surface area contributed by atoms with Gasteiger partial charge in [0.15, 0.2) is 0 Å². The van der Waals surface area contributed by atoms with E-state index >= 15 is 0 Å². The lowest BCUT2D eigenvalue weighted by molar-refractivity contribution is 0.0532. The molecule has 0 saturated carbocycles. The minimum absolute atomic E-state index is 0.134. The van der Waals surface area contributed by atoms with Gasteiger partial charge in [0, 0.05) is 11.4 Å². The van der Waals surface area contributed by atoms with Crippen molar-refractivity contribution >= 4 is 17.9 Å². The SMILES string of the molecule is CSc1cccc(CC(=CF)CNC(=O)OC(C)(C)C)c1. The number of amides is 1. The second-order valence-corrected chi connectivity index (χ2v) is 6.53. The van der Waals surface area contributed by atoms with E-state index in [1.54, 1.807) is 32.5 Å². The van der Waals surface area contributed by atoms with Crippen molar-refractivity contribution in [3.05, 3.63) is 41.7 Å². The van der Waals surface area contributed by atoms with Crippen molar-refractivity contribution in [2.24, 2.45) is 0 Å². The van der Waals surface area contributed by atoms with Gasteiger partial charge in [-0.25, -0.2) is 9.18 Å². The molecule has 5 heteroatoms. The molecule has 0 heterocycles. The van der Waals surface area contributed by atoms with Crippen LogP contribution in [0.25, 0.3) is 0 Å². The van der Waals surface area contributed by atoms with Crippen LogP contribution in [0, 0.1) is 0 Å². The molecule has 3 nitrogen and oxygen atoms in total. The summed E-state index contributed by atoms with van der Waals surface area (Å²) >= 11 is 1.64. The molecule has 0 unspecified atom stereocenters. The number of thioether (sulfide) groups is 1. The van der Waals surface area contributed by atoms with Gasteiger partial charge in [0.2, 0.25) is 0 Å². The van der Waals surface area contributed by atoms with Crippen LogP contribution in [0.5, 0.6) is 0 Å². The molecular weight excluding hydrogens is 289 g/mol. The highest BCUT2D eigenvalue weighted by Crippen LogP contribution is 2.18. The van der Waals surface area contributed by atoms with Crippen LogP contribution >= 0.6 is 11.8 Å². The van der Waals surface area contributed by atoms with Crippen molar-refractivity contribution in [3.8, 4) is 0 Å². The van der Waals surface area contributed by atoms with Gasteiger partial charge in [-0.3, -0.25) is 0 Å². The Hall–Kier alpha value is -1.49. The van der Waals surface area contributed by atoms with Crippen molar-refractivity contribution in [1.29, 1.82) is 0 Å². The Labute approximate surface area is 130 Å². The number of hydrogen-bond donors (Lipinski definition) is 1. The van der Waals surface area contributed by atoms with Crippen LogP contribution in [0.15, 0.2) is 41.1 Å². The summed E-state index contributed by atoms with van der Waals surface area (Å²) in [6.07, 6.45) is 2.46. The standard InChI is InChI=1S/C16H22FNO2S/c1-16(2,3)20-15(19)18-11-13(10-17)8-12-6-5-7-14(9-12)21-4/h5-7,9-10H,8,11H2,1-4H3,(H,18,19). The van der Waals surface area contributed by atoms with Crippen LogP contribution in [-0.4, -0.2) is 24.5 Å². The average Bonchev–Trinajstić information content (AvgIpc) is 2.41. The highest BCUT2D eigenvalue weighted by molar-refractivity contribution is 7.98. The van der Waals surface area contributed by atoms with Gasteiger partial charge < -0.3 is 10.1 Å². The fourth-order valence-electron chi connectivity index (χ4n) is 1.68. The van der Waals surface area contributed by atoms with E-state index in [2.05, 4.69) is 5.32 Å². The third-order valence-corrected chi connectivity index (χ3v) is 3.30. The summed E-state index contributed by atoms with van der Waals surface area (Å²) in [5.74, 6) is 0. The third kappa shape index (κ3) is 7.18. The predicted molar refractivity (Wildman–Crippen MR) is 85.4 cm³/mol. The second kappa shape index (κ2) is 8.08. The van der Waals surface area contributed by atoms with Crippen molar-refractivity contribution in [1.82, 2.24) is 5.32 Å². The monoisotopic (exact) mass is 311 g/mol. The average molecular weight is 311 g/mol. The summed E-state index contributed by atoms with van der Waals surface area (Å²) in [6.45, 7) is 5.49. The lowest BCUT2D eigenvalue weighted by Gasteiger charge is -2.20. The van der Waals surface area contributed by atoms with Gasteiger partial charge in [0.25, 0.3) is 0 Å². The molecule has 0 atom stereocenters. The number of ether oxygens (including phenoxy) is 1. The van der Waals surface area contributed by atoms with Crippen LogP contribution in [0.2, 0.25) is 0 Å². The first-order valence-corrected chi connectivity index (χ1v) is 7.94. The summed E-state index contributed by atoms with van der Waals surface area (Å²) in [5, 5.41) is 2.56. The number of alkyl carbamates (subject to hydrolysis) is 1. The molecule has 1 rings (SSSR count). The Morgan fingerprint density at radius 3 is 2.71 bits per heavy atom. The Balaban J connectivity index is 2.54. The van der Waals surface area contributed by atoms with E-state index in [1.165, 1.54) is 0 Å². The highest BCUT2D eigenvalue weighted by atomic mass is 32.2. The zero-order valence-electron chi connectivity index (χ0n) is 12.9. The molecule has 1 aromatic rings. The number of halogens is 1. The smallest absolute Gasteiger partial charge is 0.407 e. The van der Waals surface area contributed by atoms with Crippen LogP contribution in [0.1, 0.15) is 26.3 Å². The number of hydrogen-bond acceptors (Lipinski definition) is 3. The molecule has 0 aliphatic carbocycles. The van der Waals surface area contributed by atoms with Gasteiger partial charge in [-0.2, -0.15) is 0 Å². The normalized spacial score (nSPS) is 12.1. The maximum atomic E-state index is 13.0. The number of carbonyl (C=O) groups excluding carboxylic acids is 1. The minimum atomic E-state index is -0.559. The minimum Gasteiger partial charge on any atom is -0.444 e. The summed E-state index contributed by atoms with van der Waals surface area (Å²) in [6, 6.07) is 7.91. The molecule has 116 valence electrons. The molecule has 21 heavy (non-hydrogen) atoms. The molecule has 0 fully saturated rings. The number of rotatable bonds is 5. The molecule has 0 radical (unpaired) electrons. The fourth-order valence-corrected chi connectivity index (χ4v) is 2.17. The largest absolute Gasteiger partial charge is 0.444 e. The zero-order chi connectivity index (χ0) is 15.9. The van der Waals surface area contributed by atoms with Crippen LogP contribution in [0.3, 0.4) is 0 Å². The maximum Gasteiger partial charge on any atom is 0.407 e. The molecule has 1 amide bonds. The topological polar surface area (TPSA) is 38.3 Å². The molecule has 0 bridgehead atoms. The van der Waals surface area contributed by atoms with Gasteiger partial charge in [-0.05, 0) is 56.7 Å². The van der Waals surface area contributed by atoms with Crippen LogP contribution in [0.4, 0.5) is 9.18 Å². The van der Waals surface area contributed by atoms with Crippen molar-refractivity contribution in [3.63, 3.8) is 0 Å². The molecule has 0 aromatic heterocycles. The molecule has 0 aliphatic rings. The molecule has 1 N–H and O–H groups in total. The van der Waals surface area contributed by atoms with Gasteiger partial charge in [0.1, 0.15) is 5.60 Å². The van der Waals surface area contributed by atoms with Gasteiger partial charge in [-0.15, -0.1) is 11.8 Å².